The predicted octanol–water partition coefficient (Wildman–Crippen LogP) is 1.30. The Morgan fingerprint density at radius 3 is 2.65 bits per heavy atom. The number of carboxylic acids is 1. The summed E-state index contributed by atoms with van der Waals surface area (Å²) >= 11 is 0. The van der Waals surface area contributed by atoms with Gasteiger partial charge < -0.3 is 19.9 Å². The lowest BCUT2D eigenvalue weighted by atomic mass is 10.1. The molecule has 0 fully saturated rings. The summed E-state index contributed by atoms with van der Waals surface area (Å²) in [7, 11) is 0. The van der Waals surface area contributed by atoms with Crippen LogP contribution in [0.4, 0.5) is 0 Å². The van der Waals surface area contributed by atoms with Crippen LogP contribution in [0, 0.1) is 5.92 Å². The Morgan fingerprint density at radius 1 is 1.30 bits per heavy atom. The van der Waals surface area contributed by atoms with Gasteiger partial charge in [-0.15, -0.1) is 0 Å². The number of amides is 1. The number of aliphatic carboxylic acids is 1. The van der Waals surface area contributed by atoms with Gasteiger partial charge in [0.25, 0.3) is 5.91 Å². The van der Waals surface area contributed by atoms with Gasteiger partial charge in [-0.1, -0.05) is 6.92 Å². The van der Waals surface area contributed by atoms with Gasteiger partial charge in [0.15, 0.2) is 11.5 Å². The van der Waals surface area contributed by atoms with Gasteiger partial charge in [0.1, 0.15) is 13.2 Å². The summed E-state index contributed by atoms with van der Waals surface area (Å²) in [5.41, 5.74) is 0.425. The summed E-state index contributed by atoms with van der Waals surface area (Å²) in [6, 6.07) is 4.91. The highest BCUT2D eigenvalue weighted by Crippen LogP contribution is 2.30. The largest absolute Gasteiger partial charge is 0.486 e. The van der Waals surface area contributed by atoms with Crippen molar-refractivity contribution in [1.29, 1.82) is 0 Å². The van der Waals surface area contributed by atoms with Crippen LogP contribution in [0.3, 0.4) is 0 Å². The van der Waals surface area contributed by atoms with E-state index in [1.54, 1.807) is 25.1 Å². The molecule has 1 atom stereocenters. The molecule has 0 saturated carbocycles. The van der Waals surface area contributed by atoms with Crippen LogP contribution in [-0.2, 0) is 4.79 Å². The fourth-order valence-electron chi connectivity index (χ4n) is 1.91. The van der Waals surface area contributed by atoms with Crippen molar-refractivity contribution in [2.45, 2.75) is 13.3 Å². The Balaban J connectivity index is 2.00. The lowest BCUT2D eigenvalue weighted by molar-refractivity contribution is -0.141. The van der Waals surface area contributed by atoms with E-state index in [4.69, 9.17) is 14.6 Å². The molecule has 1 unspecified atom stereocenters. The number of hydrogen-bond acceptors (Lipinski definition) is 4. The zero-order valence-electron chi connectivity index (χ0n) is 11.2. The second-order valence-electron chi connectivity index (χ2n) is 4.51. The van der Waals surface area contributed by atoms with Crippen molar-refractivity contribution in [1.82, 2.24) is 5.32 Å². The van der Waals surface area contributed by atoms with Crippen molar-refractivity contribution >= 4 is 11.9 Å². The average molecular weight is 279 g/mol. The predicted molar refractivity (Wildman–Crippen MR) is 71.2 cm³/mol. The van der Waals surface area contributed by atoms with Crippen LogP contribution in [0.15, 0.2) is 18.2 Å². The monoisotopic (exact) mass is 279 g/mol. The summed E-state index contributed by atoms with van der Waals surface area (Å²) in [6.45, 7) is 2.83. The molecule has 2 N–H and O–H groups in total. The van der Waals surface area contributed by atoms with Crippen LogP contribution in [0.2, 0.25) is 0 Å². The summed E-state index contributed by atoms with van der Waals surface area (Å²) in [5.74, 6) is -0.647. The standard InChI is InChI=1S/C14H17NO5/c1-2-9(14(17)18)8-15-13(16)10-3-4-11-12(7-10)20-6-5-19-11/h3-4,7,9H,2,5-6,8H2,1H3,(H,15,16)(H,17,18). The van der Waals surface area contributed by atoms with Crippen LogP contribution in [-0.4, -0.2) is 36.7 Å². The Kier molecular flexibility index (Phi) is 4.45. The summed E-state index contributed by atoms with van der Waals surface area (Å²) in [5, 5.41) is 11.5. The third-order valence-corrected chi connectivity index (χ3v) is 3.16. The highest BCUT2D eigenvalue weighted by Gasteiger charge is 2.18. The van der Waals surface area contributed by atoms with Crippen LogP contribution in [0.1, 0.15) is 23.7 Å². The molecule has 6 nitrogen and oxygen atoms in total. The molecule has 0 aromatic heterocycles. The van der Waals surface area contributed by atoms with Gasteiger partial charge in [-0.25, -0.2) is 0 Å². The zero-order chi connectivity index (χ0) is 14.5. The van der Waals surface area contributed by atoms with E-state index in [0.717, 1.165) is 0 Å². The molecular formula is C14H17NO5. The quantitative estimate of drug-likeness (QED) is 0.848. The van der Waals surface area contributed by atoms with Gasteiger partial charge >= 0.3 is 5.97 Å². The first-order chi connectivity index (χ1) is 9.61. The molecule has 1 aliphatic rings. The van der Waals surface area contributed by atoms with Gasteiger partial charge in [0, 0.05) is 12.1 Å². The van der Waals surface area contributed by atoms with Crippen LogP contribution in [0.25, 0.3) is 0 Å². The van der Waals surface area contributed by atoms with Crippen molar-refractivity contribution in [3.8, 4) is 11.5 Å². The van der Waals surface area contributed by atoms with Crippen molar-refractivity contribution in [3.63, 3.8) is 0 Å². The maximum absolute atomic E-state index is 12.0. The van der Waals surface area contributed by atoms with Gasteiger partial charge in [-0.2, -0.15) is 0 Å². The first kappa shape index (κ1) is 14.2. The molecule has 1 aromatic rings. The molecule has 108 valence electrons. The number of ether oxygens (including phenoxy) is 2. The minimum atomic E-state index is -0.907. The SMILES string of the molecule is CCC(CNC(=O)c1ccc2c(c1)OCCO2)C(=O)O. The molecule has 1 heterocycles. The number of carbonyl (C=O) groups is 2. The van der Waals surface area contributed by atoms with Gasteiger partial charge in [0.05, 0.1) is 5.92 Å². The van der Waals surface area contributed by atoms with Gasteiger partial charge in [-0.05, 0) is 24.6 Å². The third kappa shape index (κ3) is 3.20. The fraction of sp³-hybridized carbons (Fsp3) is 0.429. The Hall–Kier alpha value is -2.24. The molecule has 0 radical (unpaired) electrons. The molecule has 1 amide bonds. The lowest BCUT2D eigenvalue weighted by Crippen LogP contribution is -2.32. The first-order valence-corrected chi connectivity index (χ1v) is 6.52. The van der Waals surface area contributed by atoms with Gasteiger partial charge in [0.2, 0.25) is 0 Å². The molecule has 0 bridgehead atoms. The topological polar surface area (TPSA) is 84.9 Å². The molecule has 1 aliphatic heterocycles. The number of fused-ring (bicyclic) bond motifs is 1. The molecule has 0 aliphatic carbocycles. The van der Waals surface area contributed by atoms with Gasteiger partial charge in [-0.3, -0.25) is 9.59 Å². The number of nitrogens with one attached hydrogen (secondary N) is 1. The number of hydrogen-bond donors (Lipinski definition) is 2. The number of carboxylic acid groups (broad SMARTS) is 1. The van der Waals surface area contributed by atoms with Crippen molar-refractivity contribution in [3.05, 3.63) is 23.8 Å². The van der Waals surface area contributed by atoms with Crippen molar-refractivity contribution in [2.75, 3.05) is 19.8 Å². The Bertz CT molecular complexity index is 514. The molecule has 0 spiro atoms. The molecule has 2 rings (SSSR count). The highest BCUT2D eigenvalue weighted by atomic mass is 16.6. The number of rotatable bonds is 5. The lowest BCUT2D eigenvalue weighted by Gasteiger charge is -2.19. The minimum Gasteiger partial charge on any atom is -0.486 e. The molecule has 1 aromatic carbocycles. The maximum Gasteiger partial charge on any atom is 0.308 e. The highest BCUT2D eigenvalue weighted by molar-refractivity contribution is 5.95. The van der Waals surface area contributed by atoms with Crippen LogP contribution >= 0.6 is 0 Å². The Morgan fingerprint density at radius 2 is 2.00 bits per heavy atom. The van der Waals surface area contributed by atoms with E-state index < -0.39 is 11.9 Å². The van der Waals surface area contributed by atoms with E-state index in [0.29, 0.717) is 36.7 Å². The minimum absolute atomic E-state index is 0.110. The smallest absolute Gasteiger partial charge is 0.308 e. The zero-order valence-corrected chi connectivity index (χ0v) is 11.2. The second-order valence-corrected chi connectivity index (χ2v) is 4.51. The normalized spacial score (nSPS) is 14.4. The number of carbonyl (C=O) groups excluding carboxylic acids is 1. The summed E-state index contributed by atoms with van der Waals surface area (Å²) in [4.78, 5) is 22.9. The maximum atomic E-state index is 12.0. The van der Waals surface area contributed by atoms with E-state index in [1.807, 2.05) is 0 Å². The first-order valence-electron chi connectivity index (χ1n) is 6.52. The van der Waals surface area contributed by atoms with Crippen molar-refractivity contribution < 1.29 is 24.2 Å². The van der Waals surface area contributed by atoms with Crippen LogP contribution < -0.4 is 14.8 Å². The fourth-order valence-corrected chi connectivity index (χ4v) is 1.91. The second kappa shape index (κ2) is 6.27. The molecule has 20 heavy (non-hydrogen) atoms. The summed E-state index contributed by atoms with van der Waals surface area (Å²) in [6.07, 6.45) is 0.469. The van der Waals surface area contributed by atoms with E-state index in [9.17, 15) is 9.59 Å². The van der Waals surface area contributed by atoms with E-state index in [-0.39, 0.29) is 12.5 Å². The Labute approximate surface area is 116 Å². The van der Waals surface area contributed by atoms with Crippen LogP contribution in [0.5, 0.6) is 11.5 Å². The summed E-state index contributed by atoms with van der Waals surface area (Å²) < 4.78 is 10.8. The third-order valence-electron chi connectivity index (χ3n) is 3.16. The molecule has 0 saturated heterocycles. The van der Waals surface area contributed by atoms with E-state index in [1.165, 1.54) is 0 Å². The van der Waals surface area contributed by atoms with E-state index >= 15 is 0 Å². The van der Waals surface area contributed by atoms with Crippen molar-refractivity contribution in [2.24, 2.45) is 5.92 Å². The van der Waals surface area contributed by atoms with E-state index in [2.05, 4.69) is 5.32 Å². The molecular weight excluding hydrogens is 262 g/mol. The average Bonchev–Trinajstić information content (AvgIpc) is 2.46. The molecule has 6 heteroatoms. The number of benzene rings is 1.